The standard InChI is InChI=1S/C21H20O9/c1-21(2,28)17(22)12-3-5-16(6-4-12)29-7-8-30-20(27)15-10-13(18(23)24)9-14(11-15)19(25)26/h3-6,9-11,28H,7-8H2,1-2H3,(H,23,24)(H,25,26). The SMILES string of the molecule is CC(C)(O)C(=O)c1ccc(OCCOC(=O)c2cc(C(=O)O)cc(C(=O)O)c2)cc1. The molecule has 0 bridgehead atoms. The molecule has 0 aliphatic carbocycles. The Hall–Kier alpha value is -3.72. The average Bonchev–Trinajstić information content (AvgIpc) is 2.69. The molecular formula is C21H20O9. The molecule has 0 spiro atoms. The van der Waals surface area contributed by atoms with Gasteiger partial charge in [-0.05, 0) is 56.3 Å². The van der Waals surface area contributed by atoms with Crippen LogP contribution in [0.1, 0.15) is 55.3 Å². The molecule has 0 saturated heterocycles. The predicted octanol–water partition coefficient (Wildman–Crippen LogP) is 2.27. The Morgan fingerprint density at radius 3 is 1.77 bits per heavy atom. The summed E-state index contributed by atoms with van der Waals surface area (Å²) in [4.78, 5) is 46.2. The Kier molecular flexibility index (Phi) is 6.91. The molecular weight excluding hydrogens is 396 g/mol. The van der Waals surface area contributed by atoms with Crippen LogP contribution in [0, 0.1) is 0 Å². The van der Waals surface area contributed by atoms with Crippen molar-refractivity contribution in [2.24, 2.45) is 0 Å². The number of benzene rings is 2. The van der Waals surface area contributed by atoms with Gasteiger partial charge in [-0.2, -0.15) is 0 Å². The van der Waals surface area contributed by atoms with Gasteiger partial charge < -0.3 is 24.8 Å². The molecule has 0 aromatic heterocycles. The lowest BCUT2D eigenvalue weighted by Crippen LogP contribution is -2.30. The first-order valence-corrected chi connectivity index (χ1v) is 8.78. The topological polar surface area (TPSA) is 147 Å². The molecule has 2 aromatic carbocycles. The third-order valence-electron chi connectivity index (χ3n) is 3.92. The number of carbonyl (C=O) groups is 4. The van der Waals surface area contributed by atoms with E-state index in [2.05, 4.69) is 0 Å². The van der Waals surface area contributed by atoms with Crippen molar-refractivity contribution in [1.82, 2.24) is 0 Å². The smallest absolute Gasteiger partial charge is 0.338 e. The molecule has 0 amide bonds. The number of Topliss-reactive ketones (excluding diaryl/α,β-unsaturated/α-hetero) is 1. The fourth-order valence-corrected chi connectivity index (χ4v) is 2.43. The van der Waals surface area contributed by atoms with Gasteiger partial charge in [0.2, 0.25) is 0 Å². The molecule has 0 heterocycles. The molecule has 158 valence electrons. The van der Waals surface area contributed by atoms with Gasteiger partial charge in [0.05, 0.1) is 16.7 Å². The number of hydrogen-bond donors (Lipinski definition) is 3. The van der Waals surface area contributed by atoms with Crippen LogP contribution in [-0.4, -0.2) is 57.8 Å². The largest absolute Gasteiger partial charge is 0.490 e. The van der Waals surface area contributed by atoms with E-state index in [1.54, 1.807) is 0 Å². The van der Waals surface area contributed by atoms with Crippen LogP contribution in [0.2, 0.25) is 0 Å². The van der Waals surface area contributed by atoms with E-state index in [4.69, 9.17) is 19.7 Å². The first kappa shape index (κ1) is 22.6. The Balaban J connectivity index is 1.93. The van der Waals surface area contributed by atoms with E-state index < -0.39 is 29.3 Å². The molecule has 0 atom stereocenters. The predicted molar refractivity (Wildman–Crippen MR) is 103 cm³/mol. The van der Waals surface area contributed by atoms with E-state index >= 15 is 0 Å². The van der Waals surface area contributed by atoms with Gasteiger partial charge in [0.1, 0.15) is 24.6 Å². The molecule has 0 fully saturated rings. The summed E-state index contributed by atoms with van der Waals surface area (Å²) in [6, 6.07) is 9.02. The second-order valence-electron chi connectivity index (χ2n) is 6.81. The van der Waals surface area contributed by atoms with E-state index in [0.29, 0.717) is 11.3 Å². The zero-order valence-electron chi connectivity index (χ0n) is 16.2. The number of ether oxygens (including phenoxy) is 2. The van der Waals surface area contributed by atoms with Gasteiger partial charge >= 0.3 is 17.9 Å². The minimum atomic E-state index is -1.49. The van der Waals surface area contributed by atoms with E-state index in [-0.39, 0.29) is 29.9 Å². The minimum absolute atomic E-state index is 0.0328. The lowest BCUT2D eigenvalue weighted by atomic mass is 9.97. The highest BCUT2D eigenvalue weighted by molar-refractivity contribution is 6.02. The fraction of sp³-hybridized carbons (Fsp3) is 0.238. The van der Waals surface area contributed by atoms with Crippen molar-refractivity contribution in [3.8, 4) is 5.75 Å². The second kappa shape index (κ2) is 9.19. The molecule has 3 N–H and O–H groups in total. The van der Waals surface area contributed by atoms with Crippen LogP contribution in [0.15, 0.2) is 42.5 Å². The van der Waals surface area contributed by atoms with Gasteiger partial charge in [-0.1, -0.05) is 0 Å². The van der Waals surface area contributed by atoms with Crippen LogP contribution in [0.5, 0.6) is 5.75 Å². The van der Waals surface area contributed by atoms with Gasteiger partial charge in [0.15, 0.2) is 5.78 Å². The summed E-state index contributed by atoms with van der Waals surface area (Å²) in [5.41, 5.74) is -2.08. The summed E-state index contributed by atoms with van der Waals surface area (Å²) < 4.78 is 10.4. The minimum Gasteiger partial charge on any atom is -0.490 e. The summed E-state index contributed by atoms with van der Waals surface area (Å²) in [6.07, 6.45) is 0. The molecule has 0 saturated carbocycles. The van der Waals surface area contributed by atoms with Crippen molar-refractivity contribution in [2.75, 3.05) is 13.2 Å². The highest BCUT2D eigenvalue weighted by Gasteiger charge is 2.25. The van der Waals surface area contributed by atoms with E-state index in [1.165, 1.54) is 38.1 Å². The average molecular weight is 416 g/mol. The zero-order chi connectivity index (χ0) is 22.5. The number of hydrogen-bond acceptors (Lipinski definition) is 7. The van der Waals surface area contributed by atoms with Gasteiger partial charge in [-0.15, -0.1) is 0 Å². The molecule has 0 aliphatic heterocycles. The van der Waals surface area contributed by atoms with Gasteiger partial charge in [-0.25, -0.2) is 14.4 Å². The summed E-state index contributed by atoms with van der Waals surface area (Å²) in [6.45, 7) is 2.57. The molecule has 2 aromatic rings. The lowest BCUT2D eigenvalue weighted by Gasteiger charge is -2.15. The molecule has 2 rings (SSSR count). The normalized spacial score (nSPS) is 10.9. The van der Waals surface area contributed by atoms with Crippen molar-refractivity contribution >= 4 is 23.7 Å². The zero-order valence-corrected chi connectivity index (χ0v) is 16.2. The number of carbonyl (C=O) groups excluding carboxylic acids is 2. The highest BCUT2D eigenvalue weighted by atomic mass is 16.6. The van der Waals surface area contributed by atoms with Gasteiger partial charge in [0.25, 0.3) is 0 Å². The van der Waals surface area contributed by atoms with E-state index in [0.717, 1.165) is 18.2 Å². The van der Waals surface area contributed by atoms with Crippen LogP contribution >= 0.6 is 0 Å². The number of aromatic carboxylic acids is 2. The monoisotopic (exact) mass is 416 g/mol. The van der Waals surface area contributed by atoms with E-state index in [9.17, 15) is 24.3 Å². The van der Waals surface area contributed by atoms with Gasteiger partial charge in [-0.3, -0.25) is 4.79 Å². The summed E-state index contributed by atoms with van der Waals surface area (Å²) in [5.74, 6) is -3.67. The van der Waals surface area contributed by atoms with E-state index in [1.807, 2.05) is 0 Å². The lowest BCUT2D eigenvalue weighted by molar-refractivity contribution is 0.0449. The van der Waals surface area contributed by atoms with Crippen molar-refractivity contribution in [3.63, 3.8) is 0 Å². The number of rotatable bonds is 9. The Morgan fingerprint density at radius 1 is 0.800 bits per heavy atom. The Morgan fingerprint density at radius 2 is 1.30 bits per heavy atom. The van der Waals surface area contributed by atoms with Crippen LogP contribution in [0.4, 0.5) is 0 Å². The third kappa shape index (κ3) is 5.89. The first-order valence-electron chi connectivity index (χ1n) is 8.78. The Labute approximate surface area is 171 Å². The number of aliphatic hydroxyl groups is 1. The molecule has 9 nitrogen and oxygen atoms in total. The third-order valence-corrected chi connectivity index (χ3v) is 3.92. The van der Waals surface area contributed by atoms with Crippen LogP contribution < -0.4 is 4.74 Å². The quantitative estimate of drug-likeness (QED) is 0.318. The molecule has 0 unspecified atom stereocenters. The van der Waals surface area contributed by atoms with Crippen LogP contribution in [0.3, 0.4) is 0 Å². The number of carboxylic acid groups (broad SMARTS) is 2. The highest BCUT2D eigenvalue weighted by Crippen LogP contribution is 2.17. The van der Waals surface area contributed by atoms with Crippen LogP contribution in [0.25, 0.3) is 0 Å². The van der Waals surface area contributed by atoms with Gasteiger partial charge in [0, 0.05) is 5.56 Å². The summed E-state index contributed by atoms with van der Waals surface area (Å²) in [5, 5.41) is 27.8. The number of esters is 1. The fourth-order valence-electron chi connectivity index (χ4n) is 2.43. The number of ketones is 1. The van der Waals surface area contributed by atoms with Crippen molar-refractivity contribution < 1.29 is 44.0 Å². The molecule has 0 radical (unpaired) electrons. The number of carboxylic acids is 2. The van der Waals surface area contributed by atoms with Crippen molar-refractivity contribution in [2.45, 2.75) is 19.4 Å². The first-order chi connectivity index (χ1) is 14.0. The molecule has 30 heavy (non-hydrogen) atoms. The summed E-state index contributed by atoms with van der Waals surface area (Å²) >= 11 is 0. The maximum Gasteiger partial charge on any atom is 0.338 e. The summed E-state index contributed by atoms with van der Waals surface area (Å²) in [7, 11) is 0. The molecule has 0 aliphatic rings. The van der Waals surface area contributed by atoms with Crippen molar-refractivity contribution in [3.05, 3.63) is 64.7 Å². The second-order valence-corrected chi connectivity index (χ2v) is 6.81. The van der Waals surface area contributed by atoms with Crippen LogP contribution in [-0.2, 0) is 4.74 Å². The van der Waals surface area contributed by atoms with Crippen molar-refractivity contribution in [1.29, 1.82) is 0 Å². The maximum atomic E-state index is 12.1. The molecule has 9 heteroatoms. The maximum absolute atomic E-state index is 12.1. The Bertz CT molecular complexity index is 937.